The summed E-state index contributed by atoms with van der Waals surface area (Å²) in [6, 6.07) is 0.543. The van der Waals surface area contributed by atoms with E-state index in [9.17, 15) is 4.79 Å². The number of nitrogens with one attached hydrogen (secondary N) is 1. The van der Waals surface area contributed by atoms with Gasteiger partial charge in [0.2, 0.25) is 5.91 Å². The van der Waals surface area contributed by atoms with Gasteiger partial charge in [-0.15, -0.1) is 0 Å². The van der Waals surface area contributed by atoms with Gasteiger partial charge in [0, 0.05) is 24.9 Å². The van der Waals surface area contributed by atoms with Crippen molar-refractivity contribution < 1.29 is 4.79 Å². The van der Waals surface area contributed by atoms with E-state index in [1.807, 2.05) is 18.7 Å². The van der Waals surface area contributed by atoms with E-state index >= 15 is 0 Å². The van der Waals surface area contributed by atoms with Crippen LogP contribution in [0.3, 0.4) is 0 Å². The van der Waals surface area contributed by atoms with Gasteiger partial charge >= 0.3 is 0 Å². The van der Waals surface area contributed by atoms with Gasteiger partial charge in [0.05, 0.1) is 6.04 Å². The summed E-state index contributed by atoms with van der Waals surface area (Å²) in [6.45, 7) is 3.80. The van der Waals surface area contributed by atoms with Gasteiger partial charge < -0.3 is 10.2 Å². The molecule has 4 heteroatoms. The van der Waals surface area contributed by atoms with Crippen molar-refractivity contribution in [3.05, 3.63) is 0 Å². The molecule has 1 N–H and O–H groups in total. The van der Waals surface area contributed by atoms with E-state index in [0.29, 0.717) is 11.9 Å². The summed E-state index contributed by atoms with van der Waals surface area (Å²) in [5, 5.41) is 3.19. The largest absolute Gasteiger partial charge is 0.336 e. The van der Waals surface area contributed by atoms with Crippen LogP contribution in [-0.2, 0) is 4.79 Å². The van der Waals surface area contributed by atoms with E-state index in [1.165, 1.54) is 12.2 Å². The lowest BCUT2D eigenvalue weighted by atomic mass is 10.1. The Bertz CT molecular complexity index is 204. The lowest BCUT2D eigenvalue weighted by Crippen LogP contribution is -2.57. The highest BCUT2D eigenvalue weighted by molar-refractivity contribution is 7.99. The predicted molar refractivity (Wildman–Crippen MR) is 54.9 cm³/mol. The third kappa shape index (κ3) is 1.83. The second-order valence-corrected chi connectivity index (χ2v) is 4.87. The van der Waals surface area contributed by atoms with Crippen LogP contribution in [0.5, 0.6) is 0 Å². The van der Waals surface area contributed by atoms with Crippen LogP contribution in [-0.4, -0.2) is 47.5 Å². The minimum absolute atomic E-state index is 0.0272. The first-order valence-corrected chi connectivity index (χ1v) is 6.06. The molecule has 2 aliphatic rings. The first-order chi connectivity index (χ1) is 6.29. The molecular formula is C9H16N2OS. The summed E-state index contributed by atoms with van der Waals surface area (Å²) in [7, 11) is 0. The fourth-order valence-electron chi connectivity index (χ4n) is 1.98. The molecule has 0 radical (unpaired) electrons. The highest BCUT2D eigenvalue weighted by Gasteiger charge is 2.31. The van der Waals surface area contributed by atoms with Crippen LogP contribution in [0.25, 0.3) is 0 Å². The molecule has 2 rings (SSSR count). The van der Waals surface area contributed by atoms with Gasteiger partial charge in [-0.3, -0.25) is 4.79 Å². The summed E-state index contributed by atoms with van der Waals surface area (Å²) < 4.78 is 0. The predicted octanol–water partition coefficient (Wildman–Crippen LogP) is 0.312. The van der Waals surface area contributed by atoms with Crippen LogP contribution in [0.1, 0.15) is 13.3 Å². The maximum absolute atomic E-state index is 11.8. The highest BCUT2D eigenvalue weighted by atomic mass is 32.2. The second-order valence-electron chi connectivity index (χ2n) is 3.72. The van der Waals surface area contributed by atoms with Gasteiger partial charge in [-0.25, -0.2) is 0 Å². The van der Waals surface area contributed by atoms with Crippen LogP contribution < -0.4 is 5.32 Å². The van der Waals surface area contributed by atoms with E-state index in [0.717, 1.165) is 18.8 Å². The molecule has 2 unspecified atom stereocenters. The summed E-state index contributed by atoms with van der Waals surface area (Å²) in [4.78, 5) is 13.8. The third-order valence-corrected chi connectivity index (χ3v) is 3.95. The molecule has 3 nitrogen and oxygen atoms in total. The topological polar surface area (TPSA) is 32.3 Å². The lowest BCUT2D eigenvalue weighted by Gasteiger charge is -2.35. The molecule has 0 bridgehead atoms. The Hall–Kier alpha value is -0.220. The van der Waals surface area contributed by atoms with E-state index in [1.54, 1.807) is 0 Å². The number of piperazine rings is 1. The second kappa shape index (κ2) is 3.88. The van der Waals surface area contributed by atoms with E-state index < -0.39 is 0 Å². The molecular weight excluding hydrogens is 184 g/mol. The first kappa shape index (κ1) is 9.34. The van der Waals surface area contributed by atoms with Crippen molar-refractivity contribution in [1.82, 2.24) is 10.2 Å². The van der Waals surface area contributed by atoms with Crippen LogP contribution in [0.2, 0.25) is 0 Å². The molecule has 0 spiro atoms. The van der Waals surface area contributed by atoms with E-state index in [-0.39, 0.29) is 6.04 Å². The Balaban J connectivity index is 2.00. The molecule has 0 aliphatic carbocycles. The zero-order valence-electron chi connectivity index (χ0n) is 7.95. The Morgan fingerprint density at radius 3 is 3.15 bits per heavy atom. The Morgan fingerprint density at radius 2 is 2.46 bits per heavy atom. The normalized spacial score (nSPS) is 35.5. The molecule has 2 heterocycles. The quantitative estimate of drug-likeness (QED) is 0.661. The van der Waals surface area contributed by atoms with Crippen LogP contribution in [0, 0.1) is 0 Å². The fourth-order valence-corrected chi connectivity index (χ4v) is 3.20. The van der Waals surface area contributed by atoms with Crippen molar-refractivity contribution in [2.75, 3.05) is 24.6 Å². The number of amides is 1. The molecule has 0 aromatic rings. The maximum atomic E-state index is 11.8. The van der Waals surface area contributed by atoms with Gasteiger partial charge in [0.15, 0.2) is 0 Å². The lowest BCUT2D eigenvalue weighted by molar-refractivity contribution is -0.137. The minimum Gasteiger partial charge on any atom is -0.336 e. The van der Waals surface area contributed by atoms with Crippen LogP contribution >= 0.6 is 11.8 Å². The van der Waals surface area contributed by atoms with Crippen molar-refractivity contribution in [3.8, 4) is 0 Å². The van der Waals surface area contributed by atoms with Crippen molar-refractivity contribution in [2.45, 2.75) is 25.4 Å². The summed E-state index contributed by atoms with van der Waals surface area (Å²) >= 11 is 1.96. The van der Waals surface area contributed by atoms with Crippen molar-refractivity contribution in [1.29, 1.82) is 0 Å². The van der Waals surface area contributed by atoms with Gasteiger partial charge in [-0.05, 0) is 19.1 Å². The summed E-state index contributed by atoms with van der Waals surface area (Å²) in [5.41, 5.74) is 0. The van der Waals surface area contributed by atoms with Crippen LogP contribution in [0.15, 0.2) is 0 Å². The third-order valence-electron chi connectivity index (χ3n) is 2.80. The van der Waals surface area contributed by atoms with Gasteiger partial charge in [-0.1, -0.05) is 0 Å². The van der Waals surface area contributed by atoms with Gasteiger partial charge in [-0.2, -0.15) is 11.8 Å². The minimum atomic E-state index is 0.0272. The molecule has 0 saturated carbocycles. The van der Waals surface area contributed by atoms with E-state index in [2.05, 4.69) is 10.2 Å². The average Bonchev–Trinajstić information content (AvgIpc) is 2.62. The molecule has 2 fully saturated rings. The monoisotopic (exact) mass is 200 g/mol. The fraction of sp³-hybridized carbons (Fsp3) is 0.889. The SMILES string of the molecule is CC1NCCN(C2CCSC2)C1=O. The zero-order chi connectivity index (χ0) is 9.26. The Kier molecular flexibility index (Phi) is 2.79. The number of nitrogens with zero attached hydrogens (tertiary/aromatic N) is 1. The highest BCUT2D eigenvalue weighted by Crippen LogP contribution is 2.23. The maximum Gasteiger partial charge on any atom is 0.239 e. The summed E-state index contributed by atoms with van der Waals surface area (Å²) in [5.74, 6) is 2.65. The summed E-state index contributed by atoms with van der Waals surface area (Å²) in [6.07, 6.45) is 1.18. The smallest absolute Gasteiger partial charge is 0.239 e. The van der Waals surface area contributed by atoms with Crippen molar-refractivity contribution in [2.24, 2.45) is 0 Å². The van der Waals surface area contributed by atoms with Gasteiger partial charge in [0.1, 0.15) is 0 Å². The Labute approximate surface area is 83.2 Å². The standard InChI is InChI=1S/C9H16N2OS/c1-7-9(12)11(4-3-10-7)8-2-5-13-6-8/h7-8,10H,2-6H2,1H3. The molecule has 0 aromatic heterocycles. The number of carbonyl (C=O) groups excluding carboxylic acids is 1. The zero-order valence-corrected chi connectivity index (χ0v) is 8.77. The average molecular weight is 200 g/mol. The number of thioether (sulfide) groups is 1. The molecule has 2 aliphatic heterocycles. The molecule has 74 valence electrons. The number of rotatable bonds is 1. The molecule has 0 aromatic carbocycles. The molecule has 2 atom stereocenters. The van der Waals surface area contributed by atoms with Gasteiger partial charge in [0.25, 0.3) is 0 Å². The van der Waals surface area contributed by atoms with Crippen molar-refractivity contribution in [3.63, 3.8) is 0 Å². The Morgan fingerprint density at radius 1 is 1.62 bits per heavy atom. The molecule has 13 heavy (non-hydrogen) atoms. The van der Waals surface area contributed by atoms with Crippen molar-refractivity contribution >= 4 is 17.7 Å². The van der Waals surface area contributed by atoms with E-state index in [4.69, 9.17) is 0 Å². The van der Waals surface area contributed by atoms with Crippen LogP contribution in [0.4, 0.5) is 0 Å². The molecule has 1 amide bonds. The number of hydrogen-bond donors (Lipinski definition) is 1. The first-order valence-electron chi connectivity index (χ1n) is 4.90. The number of hydrogen-bond acceptors (Lipinski definition) is 3. The number of carbonyl (C=O) groups is 1. The molecule has 2 saturated heterocycles.